The summed E-state index contributed by atoms with van der Waals surface area (Å²) in [5.74, 6) is 0.771. The van der Waals surface area contributed by atoms with E-state index >= 15 is 0 Å². The Hall–Kier alpha value is -3.59. The number of rotatable bonds is 2. The molecular weight excluding hydrogens is 302 g/mol. The van der Waals surface area contributed by atoms with Gasteiger partial charge in [0.05, 0.1) is 17.5 Å². The number of aromatic amines is 1. The Bertz CT molecular complexity index is 1070. The van der Waals surface area contributed by atoms with Crippen molar-refractivity contribution in [3.05, 3.63) is 60.0 Å². The Morgan fingerprint density at radius 2 is 2.00 bits per heavy atom. The van der Waals surface area contributed by atoms with Gasteiger partial charge in [-0.05, 0) is 36.2 Å². The van der Waals surface area contributed by atoms with E-state index in [0.29, 0.717) is 22.5 Å². The third-order valence-corrected chi connectivity index (χ3v) is 3.97. The Balaban J connectivity index is 2.15. The number of benzene rings is 1. The van der Waals surface area contributed by atoms with Crippen LogP contribution in [0.25, 0.3) is 28.0 Å². The van der Waals surface area contributed by atoms with Gasteiger partial charge in [-0.15, -0.1) is 4.68 Å². The van der Waals surface area contributed by atoms with Gasteiger partial charge in [0.25, 0.3) is 5.82 Å². The molecule has 4 rings (SSSR count). The second kappa shape index (κ2) is 5.25. The summed E-state index contributed by atoms with van der Waals surface area (Å²) in [6.45, 7) is 1.94. The van der Waals surface area contributed by atoms with E-state index in [0.717, 1.165) is 16.8 Å². The van der Waals surface area contributed by atoms with Gasteiger partial charge in [0, 0.05) is 0 Å². The van der Waals surface area contributed by atoms with Crippen molar-refractivity contribution in [2.75, 3.05) is 5.73 Å². The Morgan fingerprint density at radius 1 is 1.21 bits per heavy atom. The lowest BCUT2D eigenvalue weighted by Gasteiger charge is -2.02. The second-order valence-electron chi connectivity index (χ2n) is 5.44. The van der Waals surface area contributed by atoms with Gasteiger partial charge in [-0.2, -0.15) is 5.26 Å². The highest BCUT2D eigenvalue weighted by atomic mass is 16.3. The first-order valence-electron chi connectivity index (χ1n) is 7.44. The molecule has 0 bridgehead atoms. The van der Waals surface area contributed by atoms with Crippen molar-refractivity contribution in [2.45, 2.75) is 6.92 Å². The average Bonchev–Trinajstić information content (AvgIpc) is 3.23. The number of nitrogen functional groups attached to an aromatic ring is 1. The van der Waals surface area contributed by atoms with E-state index in [1.165, 1.54) is 0 Å². The van der Waals surface area contributed by atoms with Crippen LogP contribution in [0.4, 0.5) is 5.82 Å². The molecule has 0 radical (unpaired) electrons. The summed E-state index contributed by atoms with van der Waals surface area (Å²) in [5.41, 5.74) is 9.50. The first kappa shape index (κ1) is 14.0. The Kier molecular flexibility index (Phi) is 3.07. The number of anilines is 1. The summed E-state index contributed by atoms with van der Waals surface area (Å²) in [6, 6.07) is 15.5. The van der Waals surface area contributed by atoms with Crippen molar-refractivity contribution in [1.29, 1.82) is 5.26 Å². The fourth-order valence-electron chi connectivity index (χ4n) is 2.93. The van der Waals surface area contributed by atoms with Gasteiger partial charge in [0.15, 0.2) is 5.69 Å². The smallest absolute Gasteiger partial charge is 0.359 e. The van der Waals surface area contributed by atoms with Crippen molar-refractivity contribution in [3.8, 4) is 23.1 Å². The maximum Gasteiger partial charge on any atom is 0.359 e. The van der Waals surface area contributed by atoms with Crippen LogP contribution < -0.4 is 10.4 Å². The quantitative estimate of drug-likeness (QED) is 0.556. The van der Waals surface area contributed by atoms with E-state index in [4.69, 9.17) is 10.2 Å². The minimum Gasteiger partial charge on any atom is -0.464 e. The van der Waals surface area contributed by atoms with E-state index in [1.54, 1.807) is 12.3 Å². The number of fused-ring (bicyclic) bond motifs is 1. The number of nitrogens with two attached hydrogens (primary N) is 1. The largest absolute Gasteiger partial charge is 0.464 e. The van der Waals surface area contributed by atoms with Crippen LogP contribution >= 0.6 is 0 Å². The van der Waals surface area contributed by atoms with Gasteiger partial charge in [-0.3, -0.25) is 0 Å². The third-order valence-electron chi connectivity index (χ3n) is 3.97. The molecule has 0 fully saturated rings. The van der Waals surface area contributed by atoms with Crippen molar-refractivity contribution in [2.24, 2.45) is 0 Å². The molecule has 1 aromatic carbocycles. The van der Waals surface area contributed by atoms with Crippen LogP contribution in [-0.2, 0) is 0 Å². The maximum atomic E-state index is 9.54. The lowest BCUT2D eigenvalue weighted by atomic mass is 10.0. The first-order valence-corrected chi connectivity index (χ1v) is 7.44. The molecule has 0 spiro atoms. The first-order chi connectivity index (χ1) is 11.7. The Labute approximate surface area is 137 Å². The number of nitrogens with zero attached hydrogens (tertiary/aromatic N) is 3. The molecule has 6 heteroatoms. The van der Waals surface area contributed by atoms with Gasteiger partial charge < -0.3 is 10.2 Å². The monoisotopic (exact) mass is 316 g/mol. The average molecular weight is 316 g/mol. The van der Waals surface area contributed by atoms with Crippen LogP contribution in [0, 0.1) is 18.3 Å². The number of furan rings is 1. The highest BCUT2D eigenvalue weighted by Crippen LogP contribution is 2.34. The van der Waals surface area contributed by atoms with Gasteiger partial charge in [0.2, 0.25) is 0 Å². The number of H-pyrrole nitrogens is 1. The fraction of sp³-hybridized carbons (Fsp3) is 0.0556. The van der Waals surface area contributed by atoms with Crippen molar-refractivity contribution in [3.63, 3.8) is 0 Å². The molecule has 3 N–H and O–H groups in total. The number of aromatic nitrogens is 3. The molecule has 0 saturated carbocycles. The highest BCUT2D eigenvalue weighted by molar-refractivity contribution is 5.97. The summed E-state index contributed by atoms with van der Waals surface area (Å²) >= 11 is 0. The molecule has 0 aliphatic rings. The van der Waals surface area contributed by atoms with E-state index in [1.807, 2.05) is 48.0 Å². The van der Waals surface area contributed by atoms with Crippen LogP contribution in [-0.4, -0.2) is 10.1 Å². The van der Waals surface area contributed by atoms with Crippen LogP contribution in [0.1, 0.15) is 11.3 Å². The van der Waals surface area contributed by atoms with Crippen LogP contribution in [0.5, 0.6) is 0 Å². The number of hydrogen-bond acceptors (Lipinski definition) is 4. The molecule has 116 valence electrons. The lowest BCUT2D eigenvalue weighted by Crippen LogP contribution is -2.33. The summed E-state index contributed by atoms with van der Waals surface area (Å²) < 4.78 is 7.39. The van der Waals surface area contributed by atoms with E-state index < -0.39 is 0 Å². The summed E-state index contributed by atoms with van der Waals surface area (Å²) in [5, 5.41) is 13.7. The number of hydrogen-bond donors (Lipinski definition) is 2. The zero-order valence-corrected chi connectivity index (χ0v) is 12.9. The second-order valence-corrected chi connectivity index (χ2v) is 5.44. The molecule has 3 heterocycles. The van der Waals surface area contributed by atoms with Crippen LogP contribution in [0.2, 0.25) is 0 Å². The van der Waals surface area contributed by atoms with Crippen LogP contribution in [0.15, 0.2) is 53.1 Å². The molecule has 0 aliphatic heterocycles. The normalized spacial score (nSPS) is 10.8. The molecular formula is C18H14N5O+. The molecule has 3 aromatic heterocycles. The molecule has 6 nitrogen and oxygen atoms in total. The molecule has 0 aliphatic carbocycles. The molecule has 24 heavy (non-hydrogen) atoms. The zero-order valence-electron chi connectivity index (χ0n) is 12.9. The fourth-order valence-corrected chi connectivity index (χ4v) is 2.93. The predicted molar refractivity (Wildman–Crippen MR) is 89.2 cm³/mol. The van der Waals surface area contributed by atoms with Crippen LogP contribution in [0.3, 0.4) is 0 Å². The molecule has 0 unspecified atom stereocenters. The van der Waals surface area contributed by atoms with E-state index in [-0.39, 0.29) is 5.82 Å². The Morgan fingerprint density at radius 3 is 2.67 bits per heavy atom. The van der Waals surface area contributed by atoms with E-state index in [9.17, 15) is 5.26 Å². The van der Waals surface area contributed by atoms with Crippen molar-refractivity contribution in [1.82, 2.24) is 10.1 Å². The van der Waals surface area contributed by atoms with Gasteiger partial charge in [0.1, 0.15) is 22.8 Å². The summed E-state index contributed by atoms with van der Waals surface area (Å²) in [4.78, 5) is 4.46. The van der Waals surface area contributed by atoms with E-state index in [2.05, 4.69) is 16.2 Å². The molecule has 0 atom stereocenters. The predicted octanol–water partition coefficient (Wildman–Crippen LogP) is 2.86. The minimum atomic E-state index is 0.181. The van der Waals surface area contributed by atoms with Gasteiger partial charge in [-0.25, -0.2) is 5.10 Å². The number of pyridine rings is 1. The summed E-state index contributed by atoms with van der Waals surface area (Å²) in [7, 11) is 0. The maximum absolute atomic E-state index is 9.54. The van der Waals surface area contributed by atoms with Gasteiger partial charge in [-0.1, -0.05) is 18.2 Å². The topological polar surface area (TPSA) is 95.5 Å². The standard InChI is InChI=1S/C18H13N5O/c1-11-15-16(14-8-5-9-24-14)13(10-19)17(20)21-18(15)23(22-11)12-6-3-2-4-7-12/h2-9H,1H3,(H2,20,21,22)/p+1. The minimum absolute atomic E-state index is 0.181. The summed E-state index contributed by atoms with van der Waals surface area (Å²) in [6.07, 6.45) is 1.58. The SMILES string of the molecule is Cc1[nH][n+](-c2ccccc2)c2nc(N)c(C#N)c(-c3ccco3)c12. The van der Waals surface area contributed by atoms with Crippen molar-refractivity contribution >= 4 is 16.9 Å². The van der Waals surface area contributed by atoms with Gasteiger partial charge >= 0.3 is 5.65 Å². The third kappa shape index (κ3) is 1.96. The number of nitriles is 1. The number of para-hydroxylation sites is 1. The number of aryl methyl sites for hydroxylation is 1. The molecule has 4 aromatic rings. The molecule has 0 saturated heterocycles. The molecule has 0 amide bonds. The highest BCUT2D eigenvalue weighted by Gasteiger charge is 2.28. The van der Waals surface area contributed by atoms with Crippen molar-refractivity contribution < 1.29 is 9.10 Å². The number of nitrogens with one attached hydrogen (secondary N) is 1. The zero-order chi connectivity index (χ0) is 16.7. The lowest BCUT2D eigenvalue weighted by molar-refractivity contribution is -0.632.